The molecule has 1 aromatic rings. The fraction of sp³-hybridized carbons (Fsp3) is 0.897. The zero-order valence-electron chi connectivity index (χ0n) is 22.2. The minimum absolute atomic E-state index is 0.0518. The predicted molar refractivity (Wildman–Crippen MR) is 136 cm³/mol. The van der Waals surface area contributed by atoms with E-state index in [1.165, 1.54) is 51.4 Å². The number of aliphatic hydroxyl groups is 1. The maximum atomic E-state index is 10.8. The SMILES string of the molecule is CC(CCCn1cc(CCC(=O)O)nn1)C1CCC2C3CCC4CC(O)CC[C@]4(C)C3CC[C@]12C. The van der Waals surface area contributed by atoms with Crippen LogP contribution in [0.4, 0.5) is 0 Å². The van der Waals surface area contributed by atoms with Crippen LogP contribution in [0.5, 0.6) is 0 Å². The Balaban J connectivity index is 1.17. The van der Waals surface area contributed by atoms with Gasteiger partial charge in [-0.05, 0) is 117 Å². The Kier molecular flexibility index (Phi) is 7.06. The second kappa shape index (κ2) is 9.79. The zero-order chi connectivity index (χ0) is 24.8. The van der Waals surface area contributed by atoms with Gasteiger partial charge in [0.15, 0.2) is 0 Å². The second-order valence-electron chi connectivity index (χ2n) is 13.3. The molecule has 196 valence electrons. The highest BCUT2D eigenvalue weighted by atomic mass is 16.4. The van der Waals surface area contributed by atoms with Gasteiger partial charge in [0.05, 0.1) is 18.2 Å². The molecule has 4 aliphatic carbocycles. The molecular formula is C29H47N3O3. The summed E-state index contributed by atoms with van der Waals surface area (Å²) in [4.78, 5) is 10.8. The number of hydrogen-bond acceptors (Lipinski definition) is 4. The van der Waals surface area contributed by atoms with Crippen LogP contribution in [-0.4, -0.2) is 37.3 Å². The quantitative estimate of drug-likeness (QED) is 0.491. The Morgan fingerprint density at radius 1 is 1.11 bits per heavy atom. The number of carbonyl (C=O) groups is 1. The van der Waals surface area contributed by atoms with E-state index in [4.69, 9.17) is 5.11 Å². The molecule has 6 nitrogen and oxygen atoms in total. The molecule has 0 spiro atoms. The largest absolute Gasteiger partial charge is 0.481 e. The van der Waals surface area contributed by atoms with E-state index in [9.17, 15) is 9.90 Å². The van der Waals surface area contributed by atoms with Gasteiger partial charge in [0.2, 0.25) is 0 Å². The van der Waals surface area contributed by atoms with E-state index >= 15 is 0 Å². The van der Waals surface area contributed by atoms with Gasteiger partial charge < -0.3 is 10.2 Å². The van der Waals surface area contributed by atoms with Crippen molar-refractivity contribution in [1.82, 2.24) is 15.0 Å². The van der Waals surface area contributed by atoms with Crippen molar-refractivity contribution in [2.75, 3.05) is 0 Å². The van der Waals surface area contributed by atoms with Crippen molar-refractivity contribution in [3.8, 4) is 0 Å². The van der Waals surface area contributed by atoms with Gasteiger partial charge in [0, 0.05) is 19.2 Å². The first-order chi connectivity index (χ1) is 16.7. The van der Waals surface area contributed by atoms with Gasteiger partial charge in [-0.2, -0.15) is 0 Å². The third-order valence-electron chi connectivity index (χ3n) is 11.6. The van der Waals surface area contributed by atoms with Crippen LogP contribution in [0.3, 0.4) is 0 Å². The average molecular weight is 486 g/mol. The van der Waals surface area contributed by atoms with Gasteiger partial charge in [0.1, 0.15) is 0 Å². The van der Waals surface area contributed by atoms with Crippen molar-refractivity contribution in [2.45, 2.75) is 117 Å². The molecule has 5 rings (SSSR count). The standard InChI is InChI=1S/C29H47N3O3/c1-19(5-4-16-32-18-21(30-31-32)7-11-27(34)35)24-9-10-25-23-8-6-20-17-22(33)12-14-28(20,2)26(23)13-15-29(24,25)3/h18-20,22-26,33H,4-17H2,1-3H3,(H,34,35)/t19?,20?,22?,23?,24?,25?,26?,28-,29+/m0/s1. The third-order valence-corrected chi connectivity index (χ3v) is 11.6. The number of nitrogens with zero attached hydrogens (tertiary/aromatic N) is 3. The Hall–Kier alpha value is -1.43. The lowest BCUT2D eigenvalue weighted by Gasteiger charge is -2.61. The number of aliphatic hydroxyl groups excluding tert-OH is 1. The summed E-state index contributed by atoms with van der Waals surface area (Å²) in [5.74, 6) is 4.19. The number of hydrogen-bond donors (Lipinski definition) is 2. The molecule has 9 atom stereocenters. The van der Waals surface area contributed by atoms with Gasteiger partial charge in [-0.25, -0.2) is 0 Å². The number of aromatic nitrogens is 3. The first kappa shape index (κ1) is 25.2. The third kappa shape index (κ3) is 4.69. The molecule has 0 bridgehead atoms. The molecule has 2 N–H and O–H groups in total. The first-order valence-electron chi connectivity index (χ1n) is 14.5. The van der Waals surface area contributed by atoms with E-state index < -0.39 is 5.97 Å². The minimum Gasteiger partial charge on any atom is -0.481 e. The Bertz CT molecular complexity index is 901. The first-order valence-corrected chi connectivity index (χ1v) is 14.5. The summed E-state index contributed by atoms with van der Waals surface area (Å²) in [6.07, 6.45) is 16.4. The van der Waals surface area contributed by atoms with Gasteiger partial charge >= 0.3 is 5.97 Å². The fourth-order valence-electron chi connectivity index (χ4n) is 9.78. The number of rotatable bonds is 8. The molecule has 1 heterocycles. The molecule has 0 amide bonds. The molecule has 6 heteroatoms. The number of carboxylic acids is 1. The van der Waals surface area contributed by atoms with Crippen LogP contribution in [0.1, 0.15) is 104 Å². The normalized spacial score (nSPS) is 41.6. The highest BCUT2D eigenvalue weighted by Gasteiger charge is 2.60. The summed E-state index contributed by atoms with van der Waals surface area (Å²) in [5.41, 5.74) is 1.74. The lowest BCUT2D eigenvalue weighted by atomic mass is 9.44. The molecule has 0 radical (unpaired) electrons. The summed E-state index contributed by atoms with van der Waals surface area (Å²) < 4.78 is 1.90. The highest BCUT2D eigenvalue weighted by Crippen LogP contribution is 2.68. The van der Waals surface area contributed by atoms with Crippen molar-refractivity contribution in [3.63, 3.8) is 0 Å². The Labute approximate surface area is 211 Å². The molecule has 4 fully saturated rings. The zero-order valence-corrected chi connectivity index (χ0v) is 22.2. The summed E-state index contributed by atoms with van der Waals surface area (Å²) >= 11 is 0. The van der Waals surface area contributed by atoms with Gasteiger partial charge in [-0.15, -0.1) is 5.10 Å². The predicted octanol–water partition coefficient (Wildman–Crippen LogP) is 5.73. The molecule has 7 unspecified atom stereocenters. The van der Waals surface area contributed by atoms with Crippen LogP contribution in [-0.2, 0) is 17.8 Å². The number of fused-ring (bicyclic) bond motifs is 5. The highest BCUT2D eigenvalue weighted by molar-refractivity contribution is 5.66. The number of aliphatic carboxylic acids is 1. The van der Waals surface area contributed by atoms with Gasteiger partial charge in [-0.1, -0.05) is 26.0 Å². The topological polar surface area (TPSA) is 88.2 Å². The summed E-state index contributed by atoms with van der Waals surface area (Å²) in [6, 6.07) is 0. The number of carboxylic acid groups (broad SMARTS) is 1. The Morgan fingerprint density at radius 3 is 2.69 bits per heavy atom. The molecule has 4 saturated carbocycles. The maximum absolute atomic E-state index is 10.8. The van der Waals surface area contributed by atoms with Crippen molar-refractivity contribution in [2.24, 2.45) is 46.3 Å². The molecule has 4 aliphatic rings. The molecule has 0 aromatic carbocycles. The molecule has 0 aliphatic heterocycles. The molecular weight excluding hydrogens is 438 g/mol. The monoisotopic (exact) mass is 485 g/mol. The molecule has 1 aromatic heterocycles. The van der Waals surface area contributed by atoms with Crippen LogP contribution in [0.15, 0.2) is 6.20 Å². The fourth-order valence-corrected chi connectivity index (χ4v) is 9.78. The van der Waals surface area contributed by atoms with E-state index in [2.05, 4.69) is 31.1 Å². The van der Waals surface area contributed by atoms with E-state index in [1.807, 2.05) is 10.9 Å². The van der Waals surface area contributed by atoms with Crippen molar-refractivity contribution < 1.29 is 15.0 Å². The lowest BCUT2D eigenvalue weighted by molar-refractivity contribution is -0.136. The van der Waals surface area contributed by atoms with E-state index in [1.54, 1.807) is 0 Å². The number of aryl methyl sites for hydroxylation is 2. The average Bonchev–Trinajstić information content (AvgIpc) is 3.42. The van der Waals surface area contributed by atoms with Crippen molar-refractivity contribution >= 4 is 5.97 Å². The van der Waals surface area contributed by atoms with Crippen molar-refractivity contribution in [3.05, 3.63) is 11.9 Å². The smallest absolute Gasteiger partial charge is 0.303 e. The molecule has 0 saturated heterocycles. The lowest BCUT2D eigenvalue weighted by Crippen LogP contribution is -2.54. The summed E-state index contributed by atoms with van der Waals surface area (Å²) in [6.45, 7) is 8.60. The summed E-state index contributed by atoms with van der Waals surface area (Å²) in [5, 5.41) is 27.5. The Morgan fingerprint density at radius 2 is 1.89 bits per heavy atom. The van der Waals surface area contributed by atoms with Crippen LogP contribution >= 0.6 is 0 Å². The van der Waals surface area contributed by atoms with Crippen LogP contribution in [0.25, 0.3) is 0 Å². The van der Waals surface area contributed by atoms with E-state index in [-0.39, 0.29) is 12.5 Å². The van der Waals surface area contributed by atoms with E-state index in [0.29, 0.717) is 17.3 Å². The van der Waals surface area contributed by atoms with Crippen molar-refractivity contribution in [1.29, 1.82) is 0 Å². The minimum atomic E-state index is -0.787. The van der Waals surface area contributed by atoms with E-state index in [0.717, 1.165) is 67.0 Å². The van der Waals surface area contributed by atoms with Crippen LogP contribution in [0, 0.1) is 46.3 Å². The molecule has 35 heavy (non-hydrogen) atoms. The maximum Gasteiger partial charge on any atom is 0.303 e. The van der Waals surface area contributed by atoms with Gasteiger partial charge in [-0.3, -0.25) is 9.48 Å². The van der Waals surface area contributed by atoms with Gasteiger partial charge in [0.25, 0.3) is 0 Å². The van der Waals surface area contributed by atoms with Crippen LogP contribution in [0.2, 0.25) is 0 Å². The van der Waals surface area contributed by atoms with Crippen LogP contribution < -0.4 is 0 Å². The second-order valence-corrected chi connectivity index (χ2v) is 13.3. The summed E-state index contributed by atoms with van der Waals surface area (Å²) in [7, 11) is 0.